The van der Waals surface area contributed by atoms with E-state index < -0.39 is 15.9 Å². The fourth-order valence-corrected chi connectivity index (χ4v) is 2.35. The van der Waals surface area contributed by atoms with Crippen molar-refractivity contribution in [2.75, 3.05) is 12.9 Å². The normalized spacial score (nSPS) is 11.2. The molecule has 0 unspecified atom stereocenters. The quantitative estimate of drug-likeness (QED) is 0.910. The van der Waals surface area contributed by atoms with Crippen molar-refractivity contribution >= 4 is 26.7 Å². The van der Waals surface area contributed by atoms with E-state index in [0.717, 1.165) is 17.0 Å². The maximum Gasteiger partial charge on any atom is 0.236 e. The van der Waals surface area contributed by atoms with Crippen LogP contribution in [0.25, 0.3) is 10.8 Å². The summed E-state index contributed by atoms with van der Waals surface area (Å²) in [5, 5.41) is 2.00. The minimum absolute atomic E-state index is 0.0176. The molecule has 0 aliphatic carbocycles. The lowest BCUT2D eigenvalue weighted by molar-refractivity contribution is -0.119. The Morgan fingerprint density at radius 3 is 2.60 bits per heavy atom. The second-order valence-corrected chi connectivity index (χ2v) is 6.12. The third kappa shape index (κ3) is 3.96. The van der Waals surface area contributed by atoms with Gasteiger partial charge in [-0.15, -0.1) is 0 Å². The minimum Gasteiger partial charge on any atom is -0.492 e. The first-order chi connectivity index (χ1) is 9.46. The van der Waals surface area contributed by atoms with E-state index in [1.54, 1.807) is 0 Å². The van der Waals surface area contributed by atoms with Crippen LogP contribution in [0.3, 0.4) is 0 Å². The number of hydrogen-bond donors (Lipinski definition) is 1. The van der Waals surface area contributed by atoms with Crippen LogP contribution in [0.4, 0.5) is 0 Å². The predicted molar refractivity (Wildman–Crippen MR) is 77.0 cm³/mol. The smallest absolute Gasteiger partial charge is 0.236 e. The molecule has 2 aromatic rings. The van der Waals surface area contributed by atoms with Crippen LogP contribution in [-0.2, 0) is 14.8 Å². The molecular weight excluding hydrogens is 278 g/mol. The van der Waals surface area contributed by atoms with E-state index in [2.05, 4.69) is 0 Å². The van der Waals surface area contributed by atoms with Gasteiger partial charge in [0.15, 0.2) is 0 Å². The number of fused-ring (bicyclic) bond motifs is 1. The monoisotopic (exact) mass is 293 g/mol. The highest BCUT2D eigenvalue weighted by Gasteiger charge is 2.08. The summed E-state index contributed by atoms with van der Waals surface area (Å²) in [6.45, 7) is 0.120. The van der Waals surface area contributed by atoms with E-state index >= 15 is 0 Å². The van der Waals surface area contributed by atoms with Gasteiger partial charge in [-0.2, -0.15) is 0 Å². The van der Waals surface area contributed by atoms with Crippen molar-refractivity contribution in [3.63, 3.8) is 0 Å². The summed E-state index contributed by atoms with van der Waals surface area (Å²) in [5.41, 5.74) is 0. The summed E-state index contributed by atoms with van der Waals surface area (Å²) in [4.78, 5) is 11.3. The maximum atomic E-state index is 11.3. The Hall–Kier alpha value is -2.08. The molecule has 0 fully saturated rings. The summed E-state index contributed by atoms with van der Waals surface area (Å²) >= 11 is 0. The summed E-state index contributed by atoms with van der Waals surface area (Å²) in [5.74, 6) is 0.1000. The van der Waals surface area contributed by atoms with Crippen LogP contribution in [0.2, 0.25) is 0 Å². The van der Waals surface area contributed by atoms with E-state index in [1.165, 1.54) is 0 Å². The van der Waals surface area contributed by atoms with E-state index in [-0.39, 0.29) is 13.0 Å². The molecule has 1 N–H and O–H groups in total. The van der Waals surface area contributed by atoms with Crippen molar-refractivity contribution in [3.8, 4) is 5.75 Å². The number of ether oxygens (including phenoxy) is 1. The summed E-state index contributed by atoms with van der Waals surface area (Å²) in [7, 11) is -3.51. The molecule has 6 heteroatoms. The molecular formula is C14H15NO4S. The molecule has 5 nitrogen and oxygen atoms in total. The second-order valence-electron chi connectivity index (χ2n) is 4.37. The Bertz CT molecular complexity index is 720. The number of hydrogen-bond acceptors (Lipinski definition) is 4. The van der Waals surface area contributed by atoms with Crippen LogP contribution >= 0.6 is 0 Å². The van der Waals surface area contributed by atoms with Gasteiger partial charge in [-0.25, -0.2) is 8.42 Å². The molecule has 0 aliphatic heterocycles. The molecule has 1 amide bonds. The van der Waals surface area contributed by atoms with Crippen molar-refractivity contribution in [1.82, 2.24) is 4.72 Å². The number of amides is 1. The number of carbonyl (C=O) groups is 1. The standard InChI is InChI=1S/C14H15NO4S/c1-20(17,18)15-14(16)9-10-19-13-8-4-6-11-5-2-3-7-12(11)13/h2-8H,9-10H2,1H3,(H,15,16). The fourth-order valence-electron chi connectivity index (χ4n) is 1.83. The molecule has 0 saturated heterocycles. The molecule has 0 radical (unpaired) electrons. The van der Waals surface area contributed by atoms with Crippen LogP contribution in [0.15, 0.2) is 42.5 Å². The molecule has 0 saturated carbocycles. The van der Waals surface area contributed by atoms with Gasteiger partial charge >= 0.3 is 0 Å². The predicted octanol–water partition coefficient (Wildman–Crippen LogP) is 1.68. The van der Waals surface area contributed by atoms with Crippen molar-refractivity contribution < 1.29 is 17.9 Å². The van der Waals surface area contributed by atoms with Gasteiger partial charge in [-0.1, -0.05) is 36.4 Å². The number of carbonyl (C=O) groups excluding carboxylic acids is 1. The molecule has 2 rings (SSSR count). The van der Waals surface area contributed by atoms with Crippen LogP contribution < -0.4 is 9.46 Å². The summed E-state index contributed by atoms with van der Waals surface area (Å²) in [6, 6.07) is 13.4. The minimum atomic E-state index is -3.51. The van der Waals surface area contributed by atoms with E-state index in [0.29, 0.717) is 5.75 Å². The first-order valence-corrected chi connectivity index (χ1v) is 7.96. The van der Waals surface area contributed by atoms with Crippen LogP contribution in [0.1, 0.15) is 6.42 Å². The van der Waals surface area contributed by atoms with E-state index in [9.17, 15) is 13.2 Å². The van der Waals surface area contributed by atoms with Gasteiger partial charge in [0.05, 0.1) is 19.3 Å². The molecule has 0 heterocycles. The van der Waals surface area contributed by atoms with Gasteiger partial charge < -0.3 is 4.74 Å². The largest absolute Gasteiger partial charge is 0.492 e. The zero-order valence-electron chi connectivity index (χ0n) is 11.0. The number of nitrogens with one attached hydrogen (secondary N) is 1. The second kappa shape index (κ2) is 5.92. The van der Waals surface area contributed by atoms with Crippen molar-refractivity contribution in [1.29, 1.82) is 0 Å². The van der Waals surface area contributed by atoms with Gasteiger partial charge in [0, 0.05) is 5.39 Å². The molecule has 0 aliphatic rings. The fraction of sp³-hybridized carbons (Fsp3) is 0.214. The number of benzene rings is 2. The van der Waals surface area contributed by atoms with E-state index in [4.69, 9.17) is 4.74 Å². The van der Waals surface area contributed by atoms with Crippen molar-refractivity contribution in [2.24, 2.45) is 0 Å². The summed E-state index contributed by atoms with van der Waals surface area (Å²) in [6.07, 6.45) is 0.923. The Morgan fingerprint density at radius 2 is 1.85 bits per heavy atom. The third-order valence-electron chi connectivity index (χ3n) is 2.64. The van der Waals surface area contributed by atoms with Crippen LogP contribution in [-0.4, -0.2) is 27.2 Å². The molecule has 20 heavy (non-hydrogen) atoms. The first-order valence-electron chi connectivity index (χ1n) is 6.07. The average Bonchev–Trinajstić information content (AvgIpc) is 2.37. The number of rotatable bonds is 5. The van der Waals surface area contributed by atoms with E-state index in [1.807, 2.05) is 47.2 Å². The zero-order valence-corrected chi connectivity index (χ0v) is 11.8. The van der Waals surface area contributed by atoms with Gasteiger partial charge in [0.2, 0.25) is 15.9 Å². The van der Waals surface area contributed by atoms with Gasteiger partial charge in [0.25, 0.3) is 0 Å². The molecule has 0 aromatic heterocycles. The third-order valence-corrected chi connectivity index (χ3v) is 3.23. The summed E-state index contributed by atoms with van der Waals surface area (Å²) < 4.78 is 29.2. The van der Waals surface area contributed by atoms with Crippen molar-refractivity contribution in [2.45, 2.75) is 6.42 Å². The molecule has 0 spiro atoms. The highest BCUT2D eigenvalue weighted by Crippen LogP contribution is 2.25. The Morgan fingerprint density at radius 1 is 1.15 bits per heavy atom. The molecule has 0 bridgehead atoms. The Balaban J connectivity index is 1.98. The lowest BCUT2D eigenvalue weighted by atomic mass is 10.1. The van der Waals surface area contributed by atoms with Crippen molar-refractivity contribution in [3.05, 3.63) is 42.5 Å². The Kier molecular flexibility index (Phi) is 4.24. The highest BCUT2D eigenvalue weighted by atomic mass is 32.2. The molecule has 106 valence electrons. The lowest BCUT2D eigenvalue weighted by Crippen LogP contribution is -2.30. The van der Waals surface area contributed by atoms with Crippen LogP contribution in [0, 0.1) is 0 Å². The number of sulfonamides is 1. The SMILES string of the molecule is CS(=O)(=O)NC(=O)CCOc1cccc2ccccc12. The highest BCUT2D eigenvalue weighted by molar-refractivity contribution is 7.89. The van der Waals surface area contributed by atoms with Gasteiger partial charge in [0.1, 0.15) is 5.75 Å². The zero-order chi connectivity index (χ0) is 14.6. The lowest BCUT2D eigenvalue weighted by Gasteiger charge is -2.09. The average molecular weight is 293 g/mol. The molecule has 2 aromatic carbocycles. The topological polar surface area (TPSA) is 72.5 Å². The van der Waals surface area contributed by atoms with Gasteiger partial charge in [-0.05, 0) is 11.5 Å². The molecule has 0 atom stereocenters. The maximum absolute atomic E-state index is 11.3. The van der Waals surface area contributed by atoms with Crippen LogP contribution in [0.5, 0.6) is 5.75 Å². The van der Waals surface area contributed by atoms with Gasteiger partial charge in [-0.3, -0.25) is 9.52 Å². The Labute approximate surface area is 117 Å². The first kappa shape index (κ1) is 14.3.